The number of benzene rings is 2. The summed E-state index contributed by atoms with van der Waals surface area (Å²) in [6, 6.07) is 8.86. The zero-order valence-electron chi connectivity index (χ0n) is 18.1. The van der Waals surface area contributed by atoms with Gasteiger partial charge in [0.05, 0.1) is 33.4 Å². The maximum atomic E-state index is 10.2. The van der Waals surface area contributed by atoms with E-state index in [2.05, 4.69) is 0 Å². The monoisotopic (exact) mass is 462 g/mol. The molecule has 3 heterocycles. The van der Waals surface area contributed by atoms with Crippen LogP contribution in [-0.2, 0) is 4.74 Å². The smallest absolute Gasteiger partial charge is 0.229 e. The fourth-order valence-corrected chi connectivity index (χ4v) is 4.53. The molecule has 3 aliphatic rings. The van der Waals surface area contributed by atoms with Crippen LogP contribution in [0.25, 0.3) is 0 Å². The van der Waals surface area contributed by atoms with Crippen LogP contribution in [0.5, 0.6) is 28.7 Å². The molecule has 10 nitrogen and oxygen atoms in total. The maximum Gasteiger partial charge on any atom is 0.229 e. The Morgan fingerprint density at radius 2 is 1.67 bits per heavy atom. The van der Waals surface area contributed by atoms with Crippen molar-refractivity contribution in [3.8, 4) is 28.7 Å². The molecule has 2 aromatic carbocycles. The molecular formula is C23H26O10. The second kappa shape index (κ2) is 8.54. The minimum absolute atomic E-state index is 0.0236. The first-order valence-corrected chi connectivity index (χ1v) is 10.6. The quantitative estimate of drug-likeness (QED) is 0.497. The Labute approximate surface area is 189 Å². The van der Waals surface area contributed by atoms with Crippen molar-refractivity contribution in [2.24, 2.45) is 0 Å². The molecule has 7 atom stereocenters. The van der Waals surface area contributed by atoms with Gasteiger partial charge < -0.3 is 48.8 Å². The van der Waals surface area contributed by atoms with E-state index in [1.54, 1.807) is 26.4 Å². The highest BCUT2D eigenvalue weighted by atomic mass is 16.7. The number of hydrogen-bond acceptors (Lipinski definition) is 10. The molecule has 1 fully saturated rings. The largest absolute Gasteiger partial charge is 0.493 e. The Morgan fingerprint density at radius 1 is 0.909 bits per heavy atom. The second-order valence-electron chi connectivity index (χ2n) is 8.22. The average molecular weight is 462 g/mol. The SMILES string of the molecule is COc1cc2c(cc1OC)[C@@H]1COc3cc(O[C@@H]4O[C@H](CO)[C@@H](O)[C@H](O)[C@H]4O)ccc3[C@@H]1O2. The third-order valence-electron chi connectivity index (χ3n) is 6.35. The topological polar surface area (TPSA) is 136 Å². The van der Waals surface area contributed by atoms with Crippen molar-refractivity contribution in [1.82, 2.24) is 0 Å². The number of ether oxygens (including phenoxy) is 6. The molecule has 2 aromatic rings. The molecule has 0 bridgehead atoms. The predicted octanol–water partition coefficient (Wildman–Crippen LogP) is 0.492. The molecule has 0 aliphatic carbocycles. The zero-order chi connectivity index (χ0) is 23.3. The van der Waals surface area contributed by atoms with E-state index in [4.69, 9.17) is 28.4 Å². The Morgan fingerprint density at radius 3 is 2.39 bits per heavy atom. The lowest BCUT2D eigenvalue weighted by Gasteiger charge is -2.39. The van der Waals surface area contributed by atoms with Crippen LogP contribution in [0, 0.1) is 0 Å². The molecule has 178 valence electrons. The molecule has 0 spiro atoms. The predicted molar refractivity (Wildman–Crippen MR) is 112 cm³/mol. The van der Waals surface area contributed by atoms with Crippen LogP contribution in [0.4, 0.5) is 0 Å². The first kappa shape index (κ1) is 22.1. The summed E-state index contributed by atoms with van der Waals surface area (Å²) in [5, 5.41) is 39.5. The van der Waals surface area contributed by atoms with Crippen LogP contribution >= 0.6 is 0 Å². The zero-order valence-corrected chi connectivity index (χ0v) is 18.1. The van der Waals surface area contributed by atoms with Gasteiger partial charge in [0, 0.05) is 23.3 Å². The van der Waals surface area contributed by atoms with E-state index in [9.17, 15) is 20.4 Å². The third kappa shape index (κ3) is 3.64. The number of methoxy groups -OCH3 is 2. The molecule has 10 heteroatoms. The molecular weight excluding hydrogens is 436 g/mol. The van der Waals surface area contributed by atoms with E-state index in [0.717, 1.165) is 11.1 Å². The number of hydrogen-bond donors (Lipinski definition) is 4. The molecule has 0 unspecified atom stereocenters. The van der Waals surface area contributed by atoms with Crippen LogP contribution in [-0.4, -0.2) is 78.6 Å². The molecule has 0 amide bonds. The highest BCUT2D eigenvalue weighted by Gasteiger charge is 2.45. The van der Waals surface area contributed by atoms with Gasteiger partial charge in [-0.3, -0.25) is 0 Å². The molecule has 1 saturated heterocycles. The van der Waals surface area contributed by atoms with E-state index < -0.39 is 37.3 Å². The first-order chi connectivity index (χ1) is 15.9. The summed E-state index contributed by atoms with van der Waals surface area (Å²) in [6.07, 6.45) is -7.06. The van der Waals surface area contributed by atoms with Gasteiger partial charge >= 0.3 is 0 Å². The molecule has 5 rings (SSSR count). The van der Waals surface area contributed by atoms with Gasteiger partial charge in [0.1, 0.15) is 47.8 Å². The van der Waals surface area contributed by atoms with E-state index >= 15 is 0 Å². The molecule has 3 aliphatic heterocycles. The van der Waals surface area contributed by atoms with Crippen molar-refractivity contribution >= 4 is 0 Å². The van der Waals surface area contributed by atoms with Crippen LogP contribution in [0.2, 0.25) is 0 Å². The van der Waals surface area contributed by atoms with Crippen molar-refractivity contribution < 1.29 is 48.8 Å². The maximum absolute atomic E-state index is 10.2. The number of aliphatic hydroxyl groups excluding tert-OH is 4. The summed E-state index contributed by atoms with van der Waals surface area (Å²) in [7, 11) is 3.16. The van der Waals surface area contributed by atoms with Gasteiger partial charge in [-0.05, 0) is 18.2 Å². The summed E-state index contributed by atoms with van der Waals surface area (Å²) in [5.41, 5.74) is 1.81. The Hall–Kier alpha value is -2.76. The van der Waals surface area contributed by atoms with Gasteiger partial charge in [0.25, 0.3) is 0 Å². The van der Waals surface area contributed by atoms with Gasteiger partial charge in [0.15, 0.2) is 11.5 Å². The van der Waals surface area contributed by atoms with E-state index in [0.29, 0.717) is 35.4 Å². The summed E-state index contributed by atoms with van der Waals surface area (Å²) in [6.45, 7) is -0.154. The Balaban J connectivity index is 1.37. The lowest BCUT2D eigenvalue weighted by Crippen LogP contribution is -2.60. The van der Waals surface area contributed by atoms with Crippen LogP contribution in [0.1, 0.15) is 23.1 Å². The van der Waals surface area contributed by atoms with Crippen molar-refractivity contribution in [1.29, 1.82) is 0 Å². The fraction of sp³-hybridized carbons (Fsp3) is 0.478. The lowest BCUT2D eigenvalue weighted by molar-refractivity contribution is -0.277. The molecule has 33 heavy (non-hydrogen) atoms. The van der Waals surface area contributed by atoms with Crippen LogP contribution in [0.15, 0.2) is 30.3 Å². The molecule has 0 radical (unpaired) electrons. The molecule has 4 N–H and O–H groups in total. The Kier molecular flexibility index (Phi) is 5.71. The fourth-order valence-electron chi connectivity index (χ4n) is 4.53. The van der Waals surface area contributed by atoms with E-state index in [1.807, 2.05) is 18.2 Å². The van der Waals surface area contributed by atoms with Crippen molar-refractivity contribution in [2.75, 3.05) is 27.4 Å². The minimum atomic E-state index is -1.52. The molecule has 0 aromatic heterocycles. The molecule has 0 saturated carbocycles. The van der Waals surface area contributed by atoms with Crippen molar-refractivity contribution in [2.45, 2.75) is 42.7 Å². The summed E-state index contributed by atoms with van der Waals surface area (Å²) >= 11 is 0. The summed E-state index contributed by atoms with van der Waals surface area (Å²) in [5.74, 6) is 2.78. The van der Waals surface area contributed by atoms with Crippen molar-refractivity contribution in [3.05, 3.63) is 41.5 Å². The van der Waals surface area contributed by atoms with Crippen molar-refractivity contribution in [3.63, 3.8) is 0 Å². The summed E-state index contributed by atoms with van der Waals surface area (Å²) < 4.78 is 34.1. The third-order valence-corrected chi connectivity index (χ3v) is 6.35. The van der Waals surface area contributed by atoms with Gasteiger partial charge in [-0.25, -0.2) is 0 Å². The second-order valence-corrected chi connectivity index (χ2v) is 8.22. The van der Waals surface area contributed by atoms with E-state index in [-0.39, 0.29) is 12.0 Å². The normalized spacial score (nSPS) is 32.0. The van der Waals surface area contributed by atoms with Crippen LogP contribution in [0.3, 0.4) is 0 Å². The Bertz CT molecular complexity index is 1020. The number of rotatable bonds is 5. The van der Waals surface area contributed by atoms with E-state index in [1.165, 1.54) is 0 Å². The highest BCUT2D eigenvalue weighted by Crippen LogP contribution is 2.53. The standard InChI is InChI=1S/C23H26O10/c1-28-16-6-12-13-9-30-14-5-10(31-23-21(27)20(26)19(25)18(8-24)33-23)3-4-11(14)22(13)32-15(12)7-17(16)29-2/h3-7,13,18-27H,8-9H2,1-2H3/t13-,18+,19+,20-,21+,22-,23+/m0/s1. The van der Waals surface area contributed by atoms with Gasteiger partial charge in [-0.2, -0.15) is 0 Å². The van der Waals surface area contributed by atoms with Gasteiger partial charge in [-0.15, -0.1) is 0 Å². The highest BCUT2D eigenvalue weighted by molar-refractivity contribution is 5.57. The minimum Gasteiger partial charge on any atom is -0.493 e. The lowest BCUT2D eigenvalue weighted by atomic mass is 9.89. The van der Waals surface area contributed by atoms with Crippen LogP contribution < -0.4 is 23.7 Å². The first-order valence-electron chi connectivity index (χ1n) is 10.6. The average Bonchev–Trinajstić information content (AvgIpc) is 3.21. The van der Waals surface area contributed by atoms with Gasteiger partial charge in [-0.1, -0.05) is 0 Å². The summed E-state index contributed by atoms with van der Waals surface area (Å²) in [4.78, 5) is 0. The van der Waals surface area contributed by atoms with Gasteiger partial charge in [0.2, 0.25) is 6.29 Å². The number of aliphatic hydroxyl groups is 4. The number of fused-ring (bicyclic) bond motifs is 5.